The van der Waals surface area contributed by atoms with Crippen molar-refractivity contribution in [2.45, 2.75) is 19.5 Å². The van der Waals surface area contributed by atoms with Gasteiger partial charge in [0.15, 0.2) is 11.6 Å². The van der Waals surface area contributed by atoms with Gasteiger partial charge in [0.1, 0.15) is 0 Å². The van der Waals surface area contributed by atoms with Crippen LogP contribution in [0.5, 0.6) is 0 Å². The molecule has 166 valence electrons. The van der Waals surface area contributed by atoms with Crippen molar-refractivity contribution in [2.24, 2.45) is 5.92 Å². The molecule has 1 aromatic heterocycles. The van der Waals surface area contributed by atoms with Gasteiger partial charge < -0.3 is 5.32 Å². The van der Waals surface area contributed by atoms with Crippen LogP contribution in [0.1, 0.15) is 18.9 Å². The molecule has 4 rings (SSSR count). The third-order valence-corrected chi connectivity index (χ3v) is 6.16. The van der Waals surface area contributed by atoms with E-state index in [0.717, 1.165) is 18.6 Å². The zero-order chi connectivity index (χ0) is 22.9. The van der Waals surface area contributed by atoms with Gasteiger partial charge >= 0.3 is 6.18 Å². The SMILES string of the molecule is CC1C=C(S(=O)(=O)Nc2nc3ccccc3nc2Nc2cccc(C(F)(F)F)c2)C=CC1. The van der Waals surface area contributed by atoms with Crippen molar-refractivity contribution in [3.05, 3.63) is 77.2 Å². The second-order valence-electron chi connectivity index (χ2n) is 7.40. The van der Waals surface area contributed by atoms with Crippen molar-refractivity contribution in [3.8, 4) is 0 Å². The molecule has 6 nitrogen and oxygen atoms in total. The maximum Gasteiger partial charge on any atom is 0.416 e. The molecule has 3 aromatic rings. The number of anilines is 3. The van der Waals surface area contributed by atoms with E-state index in [9.17, 15) is 21.6 Å². The van der Waals surface area contributed by atoms with Gasteiger partial charge in [-0.05, 0) is 48.7 Å². The van der Waals surface area contributed by atoms with Crippen molar-refractivity contribution in [1.82, 2.24) is 9.97 Å². The molecular weight excluding hydrogens is 441 g/mol. The number of nitrogens with one attached hydrogen (secondary N) is 2. The first-order valence-corrected chi connectivity index (χ1v) is 11.2. The highest BCUT2D eigenvalue weighted by Gasteiger charge is 2.30. The molecule has 0 fully saturated rings. The standard InChI is InChI=1S/C22H19F3N4O2S/c1-14-6-4-9-17(12-14)32(30,31)29-21-20(27-18-10-2-3-11-19(18)28-21)26-16-8-5-7-15(13-16)22(23,24)25/h2-5,7-14H,6H2,1H3,(H,26,27)(H,28,29). The number of aromatic nitrogens is 2. The summed E-state index contributed by atoms with van der Waals surface area (Å²) < 4.78 is 67.6. The van der Waals surface area contributed by atoms with Gasteiger partial charge in [-0.25, -0.2) is 18.4 Å². The lowest BCUT2D eigenvalue weighted by Crippen LogP contribution is -2.18. The largest absolute Gasteiger partial charge is 0.416 e. The average molecular weight is 460 g/mol. The van der Waals surface area contributed by atoms with Gasteiger partial charge in [-0.3, -0.25) is 4.72 Å². The van der Waals surface area contributed by atoms with Crippen LogP contribution in [0.4, 0.5) is 30.5 Å². The monoisotopic (exact) mass is 460 g/mol. The predicted octanol–water partition coefficient (Wildman–Crippen LogP) is 5.61. The maximum atomic E-state index is 13.1. The lowest BCUT2D eigenvalue weighted by atomic mass is 10.0. The van der Waals surface area contributed by atoms with Gasteiger partial charge in [-0.1, -0.05) is 37.3 Å². The molecular formula is C22H19F3N4O2S. The quantitative estimate of drug-likeness (QED) is 0.517. The van der Waals surface area contributed by atoms with Crippen LogP contribution in [-0.4, -0.2) is 18.4 Å². The minimum absolute atomic E-state index is 0.0139. The van der Waals surface area contributed by atoms with E-state index in [-0.39, 0.29) is 28.1 Å². The Kier molecular flexibility index (Phi) is 5.64. The Morgan fingerprint density at radius 1 is 1.00 bits per heavy atom. The van der Waals surface area contributed by atoms with Crippen LogP contribution >= 0.6 is 0 Å². The summed E-state index contributed by atoms with van der Waals surface area (Å²) in [5, 5.41) is 2.77. The summed E-state index contributed by atoms with van der Waals surface area (Å²) in [4.78, 5) is 8.83. The van der Waals surface area contributed by atoms with Crippen molar-refractivity contribution < 1.29 is 21.6 Å². The van der Waals surface area contributed by atoms with E-state index in [2.05, 4.69) is 20.0 Å². The Bertz CT molecular complexity index is 1330. The zero-order valence-corrected chi connectivity index (χ0v) is 17.7. The summed E-state index contributed by atoms with van der Waals surface area (Å²) in [5.74, 6) is -0.0781. The molecule has 1 aliphatic carbocycles. The van der Waals surface area contributed by atoms with Gasteiger partial charge in [-0.15, -0.1) is 0 Å². The molecule has 0 saturated heterocycles. The second kappa shape index (κ2) is 8.27. The van der Waals surface area contributed by atoms with E-state index in [1.165, 1.54) is 18.2 Å². The van der Waals surface area contributed by atoms with Crippen molar-refractivity contribution in [3.63, 3.8) is 0 Å². The predicted molar refractivity (Wildman–Crippen MR) is 118 cm³/mol. The van der Waals surface area contributed by atoms with Crippen molar-refractivity contribution >= 4 is 38.4 Å². The highest BCUT2D eigenvalue weighted by atomic mass is 32.2. The number of hydrogen-bond acceptors (Lipinski definition) is 5. The summed E-state index contributed by atoms with van der Waals surface area (Å²) in [7, 11) is -3.98. The van der Waals surface area contributed by atoms with Crippen LogP contribution in [0.25, 0.3) is 11.0 Å². The topological polar surface area (TPSA) is 84.0 Å². The first-order valence-electron chi connectivity index (χ1n) is 9.74. The van der Waals surface area contributed by atoms with E-state index in [1.54, 1.807) is 36.4 Å². The first kappa shape index (κ1) is 21.8. The van der Waals surface area contributed by atoms with Gasteiger partial charge in [0.25, 0.3) is 10.0 Å². The van der Waals surface area contributed by atoms with E-state index in [4.69, 9.17) is 0 Å². The molecule has 2 aromatic carbocycles. The van der Waals surface area contributed by atoms with Gasteiger partial charge in [0, 0.05) is 5.69 Å². The minimum Gasteiger partial charge on any atom is -0.337 e. The molecule has 0 saturated carbocycles. The summed E-state index contributed by atoms with van der Waals surface area (Å²) in [5.41, 5.74) is 0.136. The molecule has 0 aliphatic heterocycles. The molecule has 10 heteroatoms. The van der Waals surface area contributed by atoms with Gasteiger partial charge in [0.2, 0.25) is 0 Å². The van der Waals surface area contributed by atoms with E-state index >= 15 is 0 Å². The number of alkyl halides is 3. The number of allylic oxidation sites excluding steroid dienone is 3. The second-order valence-corrected chi connectivity index (χ2v) is 9.09. The van der Waals surface area contributed by atoms with E-state index in [0.29, 0.717) is 11.0 Å². The fraction of sp³-hybridized carbons (Fsp3) is 0.182. The molecule has 0 radical (unpaired) electrons. The molecule has 0 amide bonds. The number of rotatable bonds is 5. The van der Waals surface area contributed by atoms with Crippen LogP contribution in [0.3, 0.4) is 0 Å². The molecule has 32 heavy (non-hydrogen) atoms. The number of halogens is 3. The number of sulfonamides is 1. The summed E-state index contributed by atoms with van der Waals surface area (Å²) in [6.07, 6.45) is 1.13. The fourth-order valence-corrected chi connectivity index (χ4v) is 4.44. The summed E-state index contributed by atoms with van der Waals surface area (Å²) in [6, 6.07) is 11.3. The molecule has 0 bridgehead atoms. The number of para-hydroxylation sites is 2. The average Bonchev–Trinajstić information content (AvgIpc) is 2.73. The minimum atomic E-state index is -4.52. The molecule has 1 heterocycles. The van der Waals surface area contributed by atoms with E-state index in [1.807, 2.05) is 6.92 Å². The smallest absolute Gasteiger partial charge is 0.337 e. The van der Waals surface area contributed by atoms with Crippen LogP contribution in [0.15, 0.2) is 71.7 Å². The molecule has 0 spiro atoms. The maximum absolute atomic E-state index is 13.1. The lowest BCUT2D eigenvalue weighted by Gasteiger charge is -2.17. The normalized spacial score (nSPS) is 16.6. The molecule has 1 unspecified atom stereocenters. The summed E-state index contributed by atoms with van der Waals surface area (Å²) in [6.45, 7) is 1.90. The molecule has 2 N–H and O–H groups in total. The third kappa shape index (κ3) is 4.75. The highest BCUT2D eigenvalue weighted by Crippen LogP contribution is 2.33. The summed E-state index contributed by atoms with van der Waals surface area (Å²) >= 11 is 0. The van der Waals surface area contributed by atoms with Crippen LogP contribution in [-0.2, 0) is 16.2 Å². The Morgan fingerprint density at radius 3 is 2.34 bits per heavy atom. The molecule has 1 atom stereocenters. The van der Waals surface area contributed by atoms with Crippen LogP contribution < -0.4 is 10.0 Å². The Morgan fingerprint density at radius 2 is 1.69 bits per heavy atom. The number of fused-ring (bicyclic) bond motifs is 1. The van der Waals surface area contributed by atoms with Crippen molar-refractivity contribution in [2.75, 3.05) is 10.0 Å². The third-order valence-electron chi connectivity index (χ3n) is 4.80. The lowest BCUT2D eigenvalue weighted by molar-refractivity contribution is -0.137. The first-order chi connectivity index (χ1) is 15.1. The van der Waals surface area contributed by atoms with Gasteiger partial charge in [0.05, 0.1) is 21.5 Å². The van der Waals surface area contributed by atoms with Crippen molar-refractivity contribution in [1.29, 1.82) is 0 Å². The highest BCUT2D eigenvalue weighted by molar-refractivity contribution is 7.96. The number of nitrogens with zero attached hydrogens (tertiary/aromatic N) is 2. The Hall–Kier alpha value is -3.40. The van der Waals surface area contributed by atoms with E-state index < -0.39 is 21.8 Å². The molecule has 1 aliphatic rings. The Balaban J connectivity index is 1.76. The number of benzene rings is 2. The van der Waals surface area contributed by atoms with Crippen LogP contribution in [0.2, 0.25) is 0 Å². The zero-order valence-electron chi connectivity index (χ0n) is 16.9. The number of hydrogen-bond donors (Lipinski definition) is 2. The Labute approximate surface area is 183 Å². The fourth-order valence-electron chi connectivity index (χ4n) is 3.24. The van der Waals surface area contributed by atoms with Crippen LogP contribution in [0, 0.1) is 5.92 Å². The van der Waals surface area contributed by atoms with Gasteiger partial charge in [-0.2, -0.15) is 13.2 Å².